The Balaban J connectivity index is 1.52. The maximum atomic E-state index is 12.4. The summed E-state index contributed by atoms with van der Waals surface area (Å²) in [4.78, 5) is 24.8. The van der Waals surface area contributed by atoms with Gasteiger partial charge in [0.25, 0.3) is 0 Å². The first kappa shape index (κ1) is 18.3. The highest BCUT2D eigenvalue weighted by Crippen LogP contribution is 2.44. The lowest BCUT2D eigenvalue weighted by molar-refractivity contribution is -0.144. The van der Waals surface area contributed by atoms with Crippen molar-refractivity contribution in [3.63, 3.8) is 0 Å². The molecule has 28 heavy (non-hydrogen) atoms. The summed E-state index contributed by atoms with van der Waals surface area (Å²) in [6.45, 7) is 1.60. The highest BCUT2D eigenvalue weighted by molar-refractivity contribution is 7.10. The Morgan fingerprint density at radius 3 is 2.18 bits per heavy atom. The molecule has 1 amide bonds. The molecule has 6 heteroatoms. The quantitative estimate of drug-likeness (QED) is 0.665. The number of carbonyl (C=O) groups excluding carboxylic acids is 1. The van der Waals surface area contributed by atoms with E-state index in [2.05, 4.69) is 17.4 Å². The molecule has 3 aromatic rings. The summed E-state index contributed by atoms with van der Waals surface area (Å²) in [6, 6.07) is 19.5. The minimum atomic E-state index is -1.53. The van der Waals surface area contributed by atoms with Crippen LogP contribution in [0.4, 0.5) is 4.79 Å². The van der Waals surface area contributed by atoms with Crippen molar-refractivity contribution in [1.29, 1.82) is 0 Å². The molecule has 1 aromatic heterocycles. The summed E-state index contributed by atoms with van der Waals surface area (Å²) < 4.78 is 5.47. The first-order valence-electron chi connectivity index (χ1n) is 8.91. The Labute approximate surface area is 166 Å². The summed E-state index contributed by atoms with van der Waals surface area (Å²) in [6.07, 6.45) is -0.750. The van der Waals surface area contributed by atoms with Gasteiger partial charge >= 0.3 is 12.1 Å². The van der Waals surface area contributed by atoms with Crippen molar-refractivity contribution in [3.05, 3.63) is 82.0 Å². The van der Waals surface area contributed by atoms with Crippen molar-refractivity contribution in [2.24, 2.45) is 0 Å². The van der Waals surface area contributed by atoms with E-state index in [1.807, 2.05) is 36.4 Å². The van der Waals surface area contributed by atoms with Crippen LogP contribution in [0.1, 0.15) is 28.8 Å². The van der Waals surface area contributed by atoms with E-state index >= 15 is 0 Å². The number of benzene rings is 2. The molecule has 2 aromatic carbocycles. The zero-order chi connectivity index (χ0) is 19.7. The molecule has 1 atom stereocenters. The van der Waals surface area contributed by atoms with Crippen molar-refractivity contribution in [3.8, 4) is 11.1 Å². The molecule has 142 valence electrons. The summed E-state index contributed by atoms with van der Waals surface area (Å²) >= 11 is 1.27. The van der Waals surface area contributed by atoms with Crippen LogP contribution in [0.15, 0.2) is 66.0 Å². The molecular formula is C22H19NO4S. The van der Waals surface area contributed by atoms with Gasteiger partial charge in [-0.2, -0.15) is 0 Å². The first-order chi connectivity index (χ1) is 13.5. The molecule has 4 rings (SSSR count). The third kappa shape index (κ3) is 3.05. The van der Waals surface area contributed by atoms with Gasteiger partial charge in [0.05, 0.1) is 0 Å². The number of alkyl carbamates (subject to hydrolysis) is 1. The number of hydrogen-bond acceptors (Lipinski definition) is 4. The molecule has 0 fully saturated rings. The zero-order valence-electron chi connectivity index (χ0n) is 15.2. The Morgan fingerprint density at radius 1 is 1.04 bits per heavy atom. The number of amides is 1. The lowest BCUT2D eigenvalue weighted by atomic mass is 9.98. The number of hydrogen-bond donors (Lipinski definition) is 2. The lowest BCUT2D eigenvalue weighted by Gasteiger charge is -2.25. The third-order valence-corrected chi connectivity index (χ3v) is 6.23. The van der Waals surface area contributed by atoms with E-state index in [-0.39, 0.29) is 12.5 Å². The Morgan fingerprint density at radius 2 is 1.64 bits per heavy atom. The van der Waals surface area contributed by atoms with Crippen molar-refractivity contribution in [2.45, 2.75) is 18.4 Å². The van der Waals surface area contributed by atoms with E-state index in [9.17, 15) is 14.7 Å². The van der Waals surface area contributed by atoms with Crippen LogP contribution in [0.5, 0.6) is 0 Å². The van der Waals surface area contributed by atoms with Gasteiger partial charge < -0.3 is 15.2 Å². The fourth-order valence-electron chi connectivity index (χ4n) is 3.62. The molecule has 5 nitrogen and oxygen atoms in total. The molecular weight excluding hydrogens is 374 g/mol. The fraction of sp³-hybridized carbons (Fsp3) is 0.182. The van der Waals surface area contributed by atoms with Crippen molar-refractivity contribution >= 4 is 23.4 Å². The maximum absolute atomic E-state index is 12.4. The van der Waals surface area contributed by atoms with E-state index in [4.69, 9.17) is 4.74 Å². The second kappa shape index (κ2) is 7.13. The van der Waals surface area contributed by atoms with Gasteiger partial charge in [-0.1, -0.05) is 54.6 Å². The number of thiophene rings is 1. The number of fused-ring (bicyclic) bond motifs is 3. The van der Waals surface area contributed by atoms with Gasteiger partial charge in [-0.25, -0.2) is 9.59 Å². The lowest BCUT2D eigenvalue weighted by Crippen LogP contribution is -2.49. The van der Waals surface area contributed by atoms with Crippen LogP contribution >= 0.6 is 11.3 Å². The minimum absolute atomic E-state index is 0.0732. The SMILES string of the molecule is C[C@](NC(=O)OCC1c2ccccc2-c2ccccc21)(C(=O)O)c1cccs1. The number of carbonyl (C=O) groups is 2. The summed E-state index contributed by atoms with van der Waals surface area (Å²) in [5.74, 6) is -1.21. The average Bonchev–Trinajstić information content (AvgIpc) is 3.33. The summed E-state index contributed by atoms with van der Waals surface area (Å²) in [7, 11) is 0. The van der Waals surface area contributed by atoms with Gasteiger partial charge in [0.2, 0.25) is 0 Å². The minimum Gasteiger partial charge on any atom is -0.479 e. The second-order valence-electron chi connectivity index (χ2n) is 6.86. The van der Waals surface area contributed by atoms with Gasteiger partial charge in [-0.05, 0) is 40.6 Å². The largest absolute Gasteiger partial charge is 0.479 e. The third-order valence-electron chi connectivity index (χ3n) is 5.14. The zero-order valence-corrected chi connectivity index (χ0v) is 16.0. The smallest absolute Gasteiger partial charge is 0.408 e. The molecule has 0 saturated carbocycles. The summed E-state index contributed by atoms with van der Waals surface area (Å²) in [5.41, 5.74) is 2.96. The number of carboxylic acid groups (broad SMARTS) is 1. The van der Waals surface area contributed by atoms with Gasteiger partial charge in [0, 0.05) is 10.8 Å². The predicted octanol–water partition coefficient (Wildman–Crippen LogP) is 4.59. The van der Waals surface area contributed by atoms with Gasteiger partial charge in [0.15, 0.2) is 5.54 Å². The van der Waals surface area contributed by atoms with E-state index in [0.29, 0.717) is 4.88 Å². The van der Waals surface area contributed by atoms with Crippen LogP contribution < -0.4 is 5.32 Å². The molecule has 0 radical (unpaired) electrons. The Bertz CT molecular complexity index is 985. The topological polar surface area (TPSA) is 75.6 Å². The van der Waals surface area contributed by atoms with Gasteiger partial charge in [0.1, 0.15) is 6.61 Å². The fourth-order valence-corrected chi connectivity index (χ4v) is 4.46. The van der Waals surface area contributed by atoms with Gasteiger partial charge in [-0.15, -0.1) is 11.3 Å². The molecule has 0 saturated heterocycles. The van der Waals surface area contributed by atoms with E-state index < -0.39 is 17.6 Å². The average molecular weight is 393 g/mol. The standard InChI is InChI=1S/C22H19NO4S/c1-22(20(24)25,19-11-6-12-28-19)23-21(26)27-13-18-16-9-4-2-7-14(16)15-8-3-5-10-17(15)18/h2-12,18H,13H2,1H3,(H,23,26)(H,24,25)/t22-/m1/s1. The maximum Gasteiger partial charge on any atom is 0.408 e. The molecule has 0 unspecified atom stereocenters. The van der Waals surface area contributed by atoms with Crippen LogP contribution in [0.3, 0.4) is 0 Å². The highest BCUT2D eigenvalue weighted by atomic mass is 32.1. The van der Waals surface area contributed by atoms with E-state index in [1.165, 1.54) is 18.3 Å². The second-order valence-corrected chi connectivity index (χ2v) is 7.81. The summed E-state index contributed by atoms with van der Waals surface area (Å²) in [5, 5.41) is 13.9. The van der Waals surface area contributed by atoms with E-state index in [0.717, 1.165) is 22.3 Å². The normalized spacial score (nSPS) is 14.6. The number of nitrogens with one attached hydrogen (secondary N) is 1. The predicted molar refractivity (Wildman–Crippen MR) is 108 cm³/mol. The van der Waals surface area contributed by atoms with Crippen LogP contribution in [0.2, 0.25) is 0 Å². The monoisotopic (exact) mass is 393 g/mol. The molecule has 1 heterocycles. The molecule has 2 N–H and O–H groups in total. The van der Waals surface area contributed by atoms with Crippen molar-refractivity contribution in [1.82, 2.24) is 5.32 Å². The van der Waals surface area contributed by atoms with Crippen LogP contribution in [0, 0.1) is 0 Å². The molecule has 0 spiro atoms. The van der Waals surface area contributed by atoms with Crippen LogP contribution in [0.25, 0.3) is 11.1 Å². The molecule has 0 aliphatic heterocycles. The van der Waals surface area contributed by atoms with Crippen molar-refractivity contribution in [2.75, 3.05) is 6.61 Å². The van der Waals surface area contributed by atoms with Crippen LogP contribution in [-0.2, 0) is 15.1 Å². The molecule has 0 bridgehead atoms. The first-order valence-corrected chi connectivity index (χ1v) is 9.79. The molecule has 1 aliphatic rings. The van der Waals surface area contributed by atoms with E-state index in [1.54, 1.807) is 17.5 Å². The van der Waals surface area contributed by atoms with Crippen molar-refractivity contribution < 1.29 is 19.4 Å². The number of carboxylic acids is 1. The Hall–Kier alpha value is -3.12. The number of aliphatic carboxylic acids is 1. The van der Waals surface area contributed by atoms with Crippen LogP contribution in [-0.4, -0.2) is 23.8 Å². The Kier molecular flexibility index (Phi) is 4.65. The number of rotatable bonds is 5. The highest BCUT2D eigenvalue weighted by Gasteiger charge is 2.39. The number of ether oxygens (including phenoxy) is 1. The van der Waals surface area contributed by atoms with Gasteiger partial charge in [-0.3, -0.25) is 0 Å². The molecule has 1 aliphatic carbocycles.